The highest BCUT2D eigenvalue weighted by Crippen LogP contribution is 2.15. The van der Waals surface area contributed by atoms with Crippen LogP contribution in [-0.4, -0.2) is 49.4 Å². The van der Waals surface area contributed by atoms with Gasteiger partial charge in [0.05, 0.1) is 0 Å². The highest BCUT2D eigenvalue weighted by atomic mass is 16.1. The van der Waals surface area contributed by atoms with Crippen LogP contribution in [0.15, 0.2) is 48.6 Å². The van der Waals surface area contributed by atoms with Crippen molar-refractivity contribution in [3.63, 3.8) is 0 Å². The fourth-order valence-electron chi connectivity index (χ4n) is 2.76. The van der Waals surface area contributed by atoms with E-state index in [4.69, 9.17) is 11.1 Å². The van der Waals surface area contributed by atoms with Gasteiger partial charge in [-0.2, -0.15) is 0 Å². The zero-order valence-electron chi connectivity index (χ0n) is 16.5. The van der Waals surface area contributed by atoms with Gasteiger partial charge >= 0.3 is 0 Å². The van der Waals surface area contributed by atoms with Crippen molar-refractivity contribution in [2.75, 3.05) is 26.4 Å². The number of nitrogens with two attached hydrogens (primary N) is 1. The molecule has 0 bridgehead atoms. The van der Waals surface area contributed by atoms with Crippen LogP contribution >= 0.6 is 0 Å². The molecule has 150 valence electrons. The zero-order valence-corrected chi connectivity index (χ0v) is 16.5. The van der Waals surface area contributed by atoms with E-state index in [0.717, 1.165) is 17.7 Å². The SMILES string of the molecule is C=CN=C(C=C)[C@@H](C)CC(=O)NC[C@H](Cc1ccc(N)c(C=N)c1)N(C)C.[HH].[HH]. The molecule has 0 aliphatic rings. The van der Waals surface area contributed by atoms with Crippen LogP contribution in [0.3, 0.4) is 0 Å². The predicted octanol–water partition coefficient (Wildman–Crippen LogP) is 3.14. The van der Waals surface area contributed by atoms with E-state index < -0.39 is 0 Å². The highest BCUT2D eigenvalue weighted by Gasteiger charge is 2.17. The second-order valence-electron chi connectivity index (χ2n) is 6.78. The summed E-state index contributed by atoms with van der Waals surface area (Å²) < 4.78 is 0. The number of hydrogen-bond donors (Lipinski definition) is 3. The summed E-state index contributed by atoms with van der Waals surface area (Å²) in [6.45, 7) is 9.79. The van der Waals surface area contributed by atoms with Crippen LogP contribution in [0.5, 0.6) is 0 Å². The minimum absolute atomic E-state index is 0. The van der Waals surface area contributed by atoms with Gasteiger partial charge in [-0.25, -0.2) is 0 Å². The Morgan fingerprint density at radius 3 is 2.70 bits per heavy atom. The lowest BCUT2D eigenvalue weighted by atomic mass is 10.00. The van der Waals surface area contributed by atoms with Gasteiger partial charge in [-0.15, -0.1) is 0 Å². The lowest BCUT2D eigenvalue weighted by Gasteiger charge is -2.25. The van der Waals surface area contributed by atoms with E-state index >= 15 is 0 Å². The number of nitrogen functional groups attached to an aromatic ring is 1. The maximum atomic E-state index is 12.3. The zero-order chi connectivity index (χ0) is 20.4. The molecule has 0 radical (unpaired) electrons. The van der Waals surface area contributed by atoms with Crippen molar-refractivity contribution in [2.45, 2.75) is 25.8 Å². The maximum absolute atomic E-state index is 12.3. The molecule has 0 saturated heterocycles. The molecule has 0 aliphatic heterocycles. The van der Waals surface area contributed by atoms with Gasteiger partial charge in [0, 0.05) is 57.2 Å². The molecule has 1 aromatic rings. The van der Waals surface area contributed by atoms with E-state index in [1.165, 1.54) is 12.4 Å². The Kier molecular flexibility index (Phi) is 9.16. The van der Waals surface area contributed by atoms with Crippen molar-refractivity contribution in [1.82, 2.24) is 10.2 Å². The first-order valence-electron chi connectivity index (χ1n) is 8.95. The molecule has 27 heavy (non-hydrogen) atoms. The Morgan fingerprint density at radius 1 is 1.44 bits per heavy atom. The Labute approximate surface area is 165 Å². The van der Waals surface area contributed by atoms with Crippen LogP contribution in [0.4, 0.5) is 5.69 Å². The van der Waals surface area contributed by atoms with Crippen molar-refractivity contribution in [2.24, 2.45) is 10.9 Å². The molecule has 0 fully saturated rings. The third-order valence-electron chi connectivity index (χ3n) is 4.49. The van der Waals surface area contributed by atoms with Crippen molar-refractivity contribution < 1.29 is 7.65 Å². The summed E-state index contributed by atoms with van der Waals surface area (Å²) in [4.78, 5) is 18.5. The summed E-state index contributed by atoms with van der Waals surface area (Å²) in [7, 11) is 3.97. The number of aliphatic imine (C=N–C) groups is 1. The van der Waals surface area contributed by atoms with Gasteiger partial charge < -0.3 is 21.4 Å². The van der Waals surface area contributed by atoms with Crippen LogP contribution < -0.4 is 11.1 Å². The Balaban J connectivity index is 0. The molecule has 6 heteroatoms. The normalized spacial score (nSPS) is 13.7. The van der Waals surface area contributed by atoms with Gasteiger partial charge in [-0.3, -0.25) is 9.79 Å². The monoisotopic (exact) mass is 373 g/mol. The number of nitrogens with one attached hydrogen (secondary N) is 2. The number of carbonyl (C=O) groups excluding carboxylic acids is 1. The second kappa shape index (κ2) is 11.1. The van der Waals surface area contributed by atoms with Crippen LogP contribution in [-0.2, 0) is 11.2 Å². The van der Waals surface area contributed by atoms with Crippen molar-refractivity contribution in [3.05, 3.63) is 54.8 Å². The number of nitrogens with zero attached hydrogens (tertiary/aromatic N) is 2. The van der Waals surface area contributed by atoms with Crippen LogP contribution in [0.25, 0.3) is 0 Å². The molecule has 1 rings (SSSR count). The Hall–Kier alpha value is -2.73. The standard InChI is InChI=1S/C21H31N5O.2H2/c1-6-20(24-7-2)15(3)10-21(27)25-14-18(26(4)5)12-16-8-9-19(23)17(11-16)13-22;;/h6-9,11,13,15,18,22H,1-2,10,12,14,23H2,3-5H3,(H,25,27);2*1H/t15-,18-;;/m0../s1. The van der Waals surface area contributed by atoms with E-state index in [2.05, 4.69) is 28.4 Å². The quantitative estimate of drug-likeness (QED) is 0.411. The molecule has 0 heterocycles. The molecular weight excluding hydrogens is 338 g/mol. The average molecular weight is 374 g/mol. The van der Waals surface area contributed by atoms with Gasteiger partial charge in [0.1, 0.15) is 0 Å². The van der Waals surface area contributed by atoms with E-state index in [9.17, 15) is 4.79 Å². The van der Waals surface area contributed by atoms with Crippen LogP contribution in [0.1, 0.15) is 27.3 Å². The average Bonchev–Trinajstić information content (AvgIpc) is 2.63. The fourth-order valence-corrected chi connectivity index (χ4v) is 2.76. The second-order valence-corrected chi connectivity index (χ2v) is 6.78. The largest absolute Gasteiger partial charge is 0.398 e. The molecule has 0 unspecified atom stereocenters. The van der Waals surface area contributed by atoms with Gasteiger partial charge in [0.2, 0.25) is 5.91 Å². The fraction of sp³-hybridized carbons (Fsp3) is 0.381. The number of benzene rings is 1. The number of carbonyl (C=O) groups is 1. The number of amides is 1. The number of likely N-dealkylation sites (N-methyl/N-ethyl adjacent to an activating group) is 1. The maximum Gasteiger partial charge on any atom is 0.220 e. The molecular formula is C21H35N5O. The minimum Gasteiger partial charge on any atom is -0.398 e. The first kappa shape index (κ1) is 22.3. The molecule has 1 amide bonds. The summed E-state index contributed by atoms with van der Waals surface area (Å²) in [5.41, 5.74) is 8.99. The molecule has 6 nitrogen and oxygen atoms in total. The van der Waals surface area contributed by atoms with E-state index in [1.807, 2.05) is 39.2 Å². The van der Waals surface area contributed by atoms with Crippen LogP contribution in [0.2, 0.25) is 0 Å². The first-order valence-corrected chi connectivity index (χ1v) is 8.95. The molecule has 2 atom stereocenters. The first-order chi connectivity index (χ1) is 12.8. The number of rotatable bonds is 11. The van der Waals surface area contributed by atoms with Crippen molar-refractivity contribution in [1.29, 1.82) is 5.41 Å². The van der Waals surface area contributed by atoms with Gasteiger partial charge in [-0.05, 0) is 44.3 Å². The topological polar surface area (TPSA) is 94.6 Å². The van der Waals surface area contributed by atoms with Gasteiger partial charge in [0.15, 0.2) is 0 Å². The predicted molar refractivity (Wildman–Crippen MR) is 119 cm³/mol. The smallest absolute Gasteiger partial charge is 0.220 e. The van der Waals surface area contributed by atoms with Gasteiger partial charge in [-0.1, -0.05) is 26.1 Å². The van der Waals surface area contributed by atoms with Crippen LogP contribution in [0, 0.1) is 11.3 Å². The Morgan fingerprint density at radius 2 is 2.15 bits per heavy atom. The van der Waals surface area contributed by atoms with E-state index in [0.29, 0.717) is 24.2 Å². The van der Waals surface area contributed by atoms with Crippen molar-refractivity contribution in [3.8, 4) is 0 Å². The molecule has 0 aromatic heterocycles. The third-order valence-corrected chi connectivity index (χ3v) is 4.49. The summed E-state index contributed by atoms with van der Waals surface area (Å²) in [6.07, 6.45) is 5.47. The lowest BCUT2D eigenvalue weighted by Crippen LogP contribution is -2.42. The molecule has 0 aliphatic carbocycles. The number of anilines is 1. The molecule has 4 N–H and O–H groups in total. The van der Waals surface area contributed by atoms with E-state index in [-0.39, 0.29) is 20.7 Å². The Bertz CT molecular complexity index is 719. The lowest BCUT2D eigenvalue weighted by molar-refractivity contribution is -0.121. The number of allylic oxidation sites excluding steroid dienone is 1. The highest BCUT2D eigenvalue weighted by molar-refractivity contribution is 5.98. The van der Waals surface area contributed by atoms with Crippen molar-refractivity contribution >= 4 is 23.5 Å². The molecule has 1 aromatic carbocycles. The number of hydrogen-bond acceptors (Lipinski definition) is 5. The molecule has 0 spiro atoms. The minimum atomic E-state index is -0.0227. The summed E-state index contributed by atoms with van der Waals surface area (Å²) >= 11 is 0. The van der Waals surface area contributed by atoms with E-state index in [1.54, 1.807) is 6.08 Å². The summed E-state index contributed by atoms with van der Waals surface area (Å²) in [5.74, 6) is -0.0454. The summed E-state index contributed by atoms with van der Waals surface area (Å²) in [6, 6.07) is 5.83. The third kappa shape index (κ3) is 7.19. The summed E-state index contributed by atoms with van der Waals surface area (Å²) in [5, 5.41) is 10.4. The van der Waals surface area contributed by atoms with Gasteiger partial charge in [0.25, 0.3) is 0 Å². The molecule has 0 saturated carbocycles.